The molecule has 0 radical (unpaired) electrons. The van der Waals surface area contributed by atoms with E-state index in [0.717, 1.165) is 56.8 Å². The van der Waals surface area contributed by atoms with Gasteiger partial charge in [0.1, 0.15) is 12.4 Å². The number of piperidine rings is 1. The zero-order valence-electron chi connectivity index (χ0n) is 23.6. The Kier molecular flexibility index (Phi) is 9.78. The van der Waals surface area contributed by atoms with E-state index in [2.05, 4.69) is 41.1 Å². The highest BCUT2D eigenvalue weighted by molar-refractivity contribution is 5.76. The second kappa shape index (κ2) is 13.2. The maximum atomic E-state index is 13.2. The Hall–Kier alpha value is -2.93. The lowest BCUT2D eigenvalue weighted by molar-refractivity contribution is -0.133. The fourth-order valence-electron chi connectivity index (χ4n) is 6.11. The van der Waals surface area contributed by atoms with Crippen LogP contribution in [-0.2, 0) is 17.6 Å². The van der Waals surface area contributed by atoms with Crippen molar-refractivity contribution in [2.24, 2.45) is 5.41 Å². The number of benzene rings is 2. The molecule has 0 aromatic heterocycles. The molecule has 2 aromatic carbocycles. The summed E-state index contributed by atoms with van der Waals surface area (Å²) in [5, 5.41) is 0. The molecule has 0 atom stereocenters. The fourth-order valence-corrected chi connectivity index (χ4v) is 6.11. The summed E-state index contributed by atoms with van der Waals surface area (Å²) in [5.74, 6) is 3.08. The number of para-hydroxylation sites is 1. The van der Waals surface area contributed by atoms with Crippen molar-refractivity contribution in [3.8, 4) is 23.0 Å². The molecular formula is C31H44N2O5. The molecule has 1 fully saturated rings. The highest BCUT2D eigenvalue weighted by Gasteiger charge is 2.36. The molecule has 0 aliphatic carbocycles. The van der Waals surface area contributed by atoms with Crippen LogP contribution in [0.1, 0.15) is 49.7 Å². The van der Waals surface area contributed by atoms with Gasteiger partial charge in [0, 0.05) is 32.6 Å². The van der Waals surface area contributed by atoms with Gasteiger partial charge in [0.2, 0.25) is 11.7 Å². The molecule has 2 aromatic rings. The first-order chi connectivity index (χ1) is 18.5. The molecule has 1 spiro atoms. The molecule has 2 aliphatic rings. The molecule has 4 rings (SSSR count). The minimum absolute atomic E-state index is 0.211. The quantitative estimate of drug-likeness (QED) is 0.531. The number of carbonyl (C=O) groups excluding carboxylic acids is 1. The van der Waals surface area contributed by atoms with Gasteiger partial charge in [0.25, 0.3) is 0 Å². The van der Waals surface area contributed by atoms with Crippen LogP contribution in [0, 0.1) is 5.41 Å². The van der Waals surface area contributed by atoms with Crippen LogP contribution >= 0.6 is 0 Å². The number of hydrogen-bond acceptors (Lipinski definition) is 6. The van der Waals surface area contributed by atoms with Crippen molar-refractivity contribution in [3.05, 3.63) is 47.5 Å². The third kappa shape index (κ3) is 6.73. The summed E-state index contributed by atoms with van der Waals surface area (Å²) in [6.45, 7) is 4.33. The van der Waals surface area contributed by atoms with Crippen molar-refractivity contribution in [1.82, 2.24) is 9.80 Å². The van der Waals surface area contributed by atoms with Crippen LogP contribution in [0.4, 0.5) is 0 Å². The fraction of sp³-hybridized carbons (Fsp3) is 0.581. The second-order valence-corrected chi connectivity index (χ2v) is 10.8. The number of hydrogen-bond donors (Lipinski definition) is 0. The van der Waals surface area contributed by atoms with Gasteiger partial charge in [-0.3, -0.25) is 4.79 Å². The molecule has 2 aliphatic heterocycles. The van der Waals surface area contributed by atoms with Gasteiger partial charge in [-0.25, -0.2) is 0 Å². The highest BCUT2D eigenvalue weighted by Crippen LogP contribution is 2.41. The Bertz CT molecular complexity index is 1060. The third-order valence-electron chi connectivity index (χ3n) is 8.28. The van der Waals surface area contributed by atoms with Gasteiger partial charge >= 0.3 is 0 Å². The van der Waals surface area contributed by atoms with Crippen molar-refractivity contribution in [2.75, 3.05) is 61.2 Å². The topological polar surface area (TPSA) is 60.5 Å². The van der Waals surface area contributed by atoms with E-state index in [4.69, 9.17) is 18.9 Å². The van der Waals surface area contributed by atoms with Gasteiger partial charge in [-0.1, -0.05) is 30.7 Å². The molecule has 2 heterocycles. The maximum absolute atomic E-state index is 13.2. The summed E-state index contributed by atoms with van der Waals surface area (Å²) in [5.41, 5.74) is 2.53. The van der Waals surface area contributed by atoms with Gasteiger partial charge in [-0.2, -0.15) is 0 Å². The van der Waals surface area contributed by atoms with Crippen LogP contribution in [0.5, 0.6) is 23.0 Å². The summed E-state index contributed by atoms with van der Waals surface area (Å²) in [6.07, 6.45) is 7.82. The molecule has 0 bridgehead atoms. The van der Waals surface area contributed by atoms with Crippen molar-refractivity contribution in [3.63, 3.8) is 0 Å². The first kappa shape index (κ1) is 28.1. The number of methoxy groups -OCH3 is 3. The zero-order chi connectivity index (χ0) is 27.0. The summed E-state index contributed by atoms with van der Waals surface area (Å²) < 4.78 is 22.6. The molecule has 0 N–H and O–H groups in total. The number of rotatable bonds is 6. The lowest BCUT2D eigenvalue weighted by Gasteiger charge is -2.44. The molecule has 1 amide bonds. The van der Waals surface area contributed by atoms with Crippen LogP contribution < -0.4 is 18.9 Å². The summed E-state index contributed by atoms with van der Waals surface area (Å²) in [7, 11) is 7.04. The number of fused-ring (bicyclic) bond motifs is 1. The first-order valence-electron chi connectivity index (χ1n) is 13.9. The maximum Gasteiger partial charge on any atom is 0.222 e. The predicted octanol–water partition coefficient (Wildman–Crippen LogP) is 4.99. The lowest BCUT2D eigenvalue weighted by atomic mass is 9.73. The average molecular weight is 525 g/mol. The van der Waals surface area contributed by atoms with Gasteiger partial charge < -0.3 is 28.7 Å². The van der Waals surface area contributed by atoms with Crippen LogP contribution in [0.2, 0.25) is 0 Å². The largest absolute Gasteiger partial charge is 0.493 e. The van der Waals surface area contributed by atoms with Crippen LogP contribution in [0.25, 0.3) is 0 Å². The van der Waals surface area contributed by atoms with E-state index in [0.29, 0.717) is 36.7 Å². The van der Waals surface area contributed by atoms with E-state index >= 15 is 0 Å². The Morgan fingerprint density at radius 2 is 1.68 bits per heavy atom. The number of ether oxygens (including phenoxy) is 4. The Morgan fingerprint density at radius 1 is 0.921 bits per heavy atom. The molecule has 38 heavy (non-hydrogen) atoms. The molecular weight excluding hydrogens is 480 g/mol. The highest BCUT2D eigenvalue weighted by atomic mass is 16.5. The number of nitrogens with zero attached hydrogens (tertiary/aromatic N) is 2. The number of amides is 1. The molecule has 1 saturated heterocycles. The SMILES string of the molecule is COc1ccc(CCC(=O)N2CCC3(CCCCc4ccccc4OCCN(C)C3)CC2)c(OC)c1OC. The molecule has 0 saturated carbocycles. The average Bonchev–Trinajstić information content (AvgIpc) is 2.93. The van der Waals surface area contributed by atoms with Crippen LogP contribution in [0.15, 0.2) is 36.4 Å². The minimum atomic E-state index is 0.211. The van der Waals surface area contributed by atoms with Gasteiger partial charge in [0.05, 0.1) is 21.3 Å². The first-order valence-corrected chi connectivity index (χ1v) is 13.9. The van der Waals surface area contributed by atoms with E-state index in [1.807, 2.05) is 12.1 Å². The van der Waals surface area contributed by atoms with E-state index in [1.165, 1.54) is 24.8 Å². The van der Waals surface area contributed by atoms with Crippen LogP contribution in [-0.4, -0.2) is 76.9 Å². The van der Waals surface area contributed by atoms with E-state index in [9.17, 15) is 4.79 Å². The summed E-state index contributed by atoms with van der Waals surface area (Å²) >= 11 is 0. The summed E-state index contributed by atoms with van der Waals surface area (Å²) in [4.78, 5) is 17.7. The zero-order valence-corrected chi connectivity index (χ0v) is 23.6. The summed E-state index contributed by atoms with van der Waals surface area (Å²) in [6, 6.07) is 12.3. The minimum Gasteiger partial charge on any atom is -0.493 e. The van der Waals surface area contributed by atoms with E-state index in [-0.39, 0.29) is 11.3 Å². The number of likely N-dealkylation sites (N-methyl/N-ethyl adjacent to an activating group) is 1. The van der Waals surface area contributed by atoms with Gasteiger partial charge in [-0.15, -0.1) is 0 Å². The van der Waals surface area contributed by atoms with Crippen molar-refractivity contribution in [1.29, 1.82) is 0 Å². The van der Waals surface area contributed by atoms with Crippen molar-refractivity contribution in [2.45, 2.75) is 51.4 Å². The molecule has 208 valence electrons. The predicted molar refractivity (Wildman–Crippen MR) is 150 cm³/mol. The molecule has 7 nitrogen and oxygen atoms in total. The van der Waals surface area contributed by atoms with Gasteiger partial charge in [-0.05, 0) is 74.2 Å². The van der Waals surface area contributed by atoms with E-state index < -0.39 is 0 Å². The normalized spacial score (nSPS) is 18.5. The number of carbonyl (C=O) groups is 1. The van der Waals surface area contributed by atoms with Crippen LogP contribution in [0.3, 0.4) is 0 Å². The van der Waals surface area contributed by atoms with Crippen molar-refractivity contribution >= 4 is 5.91 Å². The van der Waals surface area contributed by atoms with Gasteiger partial charge in [0.15, 0.2) is 11.5 Å². The number of likely N-dealkylation sites (tertiary alicyclic amines) is 1. The molecule has 0 unspecified atom stereocenters. The third-order valence-corrected chi connectivity index (χ3v) is 8.28. The second-order valence-electron chi connectivity index (χ2n) is 10.8. The number of aryl methyl sites for hydroxylation is 2. The lowest BCUT2D eigenvalue weighted by Crippen LogP contribution is -2.48. The standard InChI is InChI=1S/C31H44N2O5/c1-32-21-22-38-26-11-6-5-9-24(26)10-7-8-16-31(23-32)17-19-33(20-18-31)28(34)15-13-25-12-14-27(35-2)30(37-4)29(25)36-3/h5-6,9,11-12,14H,7-8,10,13,15-23H2,1-4H3. The Labute approximate surface area is 228 Å². The van der Waals surface area contributed by atoms with E-state index in [1.54, 1.807) is 21.3 Å². The molecule has 7 heteroatoms. The monoisotopic (exact) mass is 524 g/mol. The Morgan fingerprint density at radius 3 is 2.42 bits per heavy atom. The smallest absolute Gasteiger partial charge is 0.222 e. The van der Waals surface area contributed by atoms with Crippen molar-refractivity contribution < 1.29 is 23.7 Å². The Balaban J connectivity index is 1.34.